The number of thiophene rings is 1. The number of halogens is 1. The number of β-amino-alcohol motifs (C(OH)–C–C–N with tert-alkyl or cyclic N) is 1. The predicted octanol–water partition coefficient (Wildman–Crippen LogP) is 4.75. The van der Waals surface area contributed by atoms with Crippen LogP contribution in [0.4, 0.5) is 21.6 Å². The van der Waals surface area contributed by atoms with E-state index in [1.165, 1.54) is 29.5 Å². The second kappa shape index (κ2) is 11.0. The summed E-state index contributed by atoms with van der Waals surface area (Å²) in [4.78, 5) is 32.4. The number of hydrogen-bond acceptors (Lipinski definition) is 8. The standard InChI is InChI=1S/C29H25FN6O3S/c30-21-7-6-18(11-23(21)33-29(39)26-12-19-3-1-2-4-25(19)40-26)22-13-24(28(38)35-34-22)32-27-8-5-17(14-31-27)15-36-10-9-20(37)16-36/h1-8,11-14,20,37H,9-10,15-16H2,(H,33,39)(H,35,38)(H,31,32,34)/t20-/m0/s1. The van der Waals surface area contributed by atoms with Crippen molar-refractivity contribution in [2.45, 2.75) is 19.1 Å². The van der Waals surface area contributed by atoms with Crippen molar-refractivity contribution in [1.29, 1.82) is 0 Å². The molecule has 40 heavy (non-hydrogen) atoms. The summed E-state index contributed by atoms with van der Waals surface area (Å²) in [5, 5.41) is 22.9. The molecule has 0 spiro atoms. The maximum Gasteiger partial charge on any atom is 0.287 e. The van der Waals surface area contributed by atoms with E-state index in [1.54, 1.807) is 24.4 Å². The Labute approximate surface area is 232 Å². The van der Waals surface area contributed by atoms with E-state index in [0.29, 0.717) is 35.0 Å². The molecular weight excluding hydrogens is 531 g/mol. The first-order valence-corrected chi connectivity index (χ1v) is 13.5. The highest BCUT2D eigenvalue weighted by Gasteiger charge is 2.20. The topological polar surface area (TPSA) is 123 Å². The smallest absolute Gasteiger partial charge is 0.287 e. The van der Waals surface area contributed by atoms with Crippen LogP contribution in [0.5, 0.6) is 0 Å². The number of amides is 1. The van der Waals surface area contributed by atoms with Gasteiger partial charge < -0.3 is 15.7 Å². The fourth-order valence-corrected chi connectivity index (χ4v) is 5.61. The number of H-pyrrole nitrogens is 1. The van der Waals surface area contributed by atoms with Crippen LogP contribution < -0.4 is 16.2 Å². The van der Waals surface area contributed by atoms with E-state index in [0.717, 1.165) is 28.6 Å². The minimum atomic E-state index is -0.589. The van der Waals surface area contributed by atoms with Crippen molar-refractivity contribution in [2.24, 2.45) is 0 Å². The van der Waals surface area contributed by atoms with Gasteiger partial charge in [0.25, 0.3) is 11.5 Å². The number of rotatable bonds is 7. The van der Waals surface area contributed by atoms with Crippen LogP contribution in [-0.4, -0.2) is 50.3 Å². The van der Waals surface area contributed by atoms with Gasteiger partial charge in [0.15, 0.2) is 0 Å². The third kappa shape index (κ3) is 5.62. The minimum absolute atomic E-state index is 0.00485. The van der Waals surface area contributed by atoms with Gasteiger partial charge in [0.1, 0.15) is 17.3 Å². The van der Waals surface area contributed by atoms with Crippen molar-refractivity contribution in [3.8, 4) is 11.3 Å². The van der Waals surface area contributed by atoms with Crippen LogP contribution in [0.1, 0.15) is 21.7 Å². The number of nitrogens with one attached hydrogen (secondary N) is 3. The number of benzene rings is 2. The lowest BCUT2D eigenvalue weighted by Crippen LogP contribution is -2.21. The molecule has 1 atom stereocenters. The maximum absolute atomic E-state index is 14.7. The van der Waals surface area contributed by atoms with Crippen molar-refractivity contribution in [2.75, 3.05) is 23.7 Å². The number of aromatic nitrogens is 3. The molecule has 11 heteroatoms. The quantitative estimate of drug-likeness (QED) is 0.228. The van der Waals surface area contributed by atoms with Crippen molar-refractivity contribution in [3.63, 3.8) is 0 Å². The molecule has 1 aliphatic rings. The largest absolute Gasteiger partial charge is 0.392 e. The van der Waals surface area contributed by atoms with Crippen molar-refractivity contribution < 1.29 is 14.3 Å². The van der Waals surface area contributed by atoms with Crippen molar-refractivity contribution in [1.82, 2.24) is 20.1 Å². The van der Waals surface area contributed by atoms with Crippen LogP contribution in [0.3, 0.4) is 0 Å². The summed E-state index contributed by atoms with van der Waals surface area (Å²) in [7, 11) is 0. The summed E-state index contributed by atoms with van der Waals surface area (Å²) in [5.41, 5.74) is 1.66. The molecule has 0 aliphatic carbocycles. The minimum Gasteiger partial charge on any atom is -0.392 e. The van der Waals surface area contributed by atoms with Gasteiger partial charge in [-0.25, -0.2) is 14.5 Å². The van der Waals surface area contributed by atoms with Gasteiger partial charge in [0.05, 0.1) is 22.4 Å². The average Bonchev–Trinajstić information content (AvgIpc) is 3.58. The van der Waals surface area contributed by atoms with Crippen LogP contribution in [-0.2, 0) is 6.54 Å². The number of aliphatic hydroxyl groups excluding tert-OH is 1. The van der Waals surface area contributed by atoms with Gasteiger partial charge in [-0.15, -0.1) is 11.3 Å². The summed E-state index contributed by atoms with van der Waals surface area (Å²) < 4.78 is 15.6. The first kappa shape index (κ1) is 25.8. The van der Waals surface area contributed by atoms with Crippen LogP contribution in [0.15, 0.2) is 77.7 Å². The molecule has 4 N–H and O–H groups in total. The maximum atomic E-state index is 14.7. The lowest BCUT2D eigenvalue weighted by Gasteiger charge is -2.15. The highest BCUT2D eigenvalue weighted by atomic mass is 32.1. The van der Waals surface area contributed by atoms with E-state index < -0.39 is 17.3 Å². The van der Waals surface area contributed by atoms with Gasteiger partial charge in [-0.05, 0) is 59.8 Å². The Bertz CT molecular complexity index is 1720. The van der Waals surface area contributed by atoms with Crippen molar-refractivity contribution >= 4 is 44.5 Å². The molecular formula is C29H25FN6O3S. The fraction of sp³-hybridized carbons (Fsp3) is 0.172. The molecule has 0 saturated carbocycles. The molecule has 1 amide bonds. The van der Waals surface area contributed by atoms with Crippen LogP contribution >= 0.6 is 11.3 Å². The summed E-state index contributed by atoms with van der Waals surface area (Å²) in [6, 6.07) is 18.9. The van der Waals surface area contributed by atoms with Crippen LogP contribution in [0.2, 0.25) is 0 Å². The molecule has 1 aliphatic heterocycles. The molecule has 4 heterocycles. The zero-order valence-electron chi connectivity index (χ0n) is 21.2. The highest BCUT2D eigenvalue weighted by Crippen LogP contribution is 2.28. The summed E-state index contributed by atoms with van der Waals surface area (Å²) >= 11 is 1.33. The average molecular weight is 557 g/mol. The molecule has 3 aromatic heterocycles. The van der Waals surface area contributed by atoms with Gasteiger partial charge in [-0.1, -0.05) is 24.3 Å². The summed E-state index contributed by atoms with van der Waals surface area (Å²) in [6.45, 7) is 2.18. The molecule has 0 unspecified atom stereocenters. The van der Waals surface area contributed by atoms with E-state index in [9.17, 15) is 19.1 Å². The van der Waals surface area contributed by atoms with Gasteiger partial charge in [0.2, 0.25) is 0 Å². The number of aromatic amines is 1. The van der Waals surface area contributed by atoms with Crippen LogP contribution in [0.25, 0.3) is 21.3 Å². The Morgan fingerprint density at radius 3 is 2.77 bits per heavy atom. The second-order valence-electron chi connectivity index (χ2n) is 9.65. The molecule has 9 nitrogen and oxygen atoms in total. The Balaban J connectivity index is 1.18. The second-order valence-corrected chi connectivity index (χ2v) is 10.7. The van der Waals surface area contributed by atoms with Gasteiger partial charge in [-0.2, -0.15) is 5.10 Å². The highest BCUT2D eigenvalue weighted by molar-refractivity contribution is 7.20. The van der Waals surface area contributed by atoms with Gasteiger partial charge in [-0.3, -0.25) is 14.5 Å². The normalized spacial score (nSPS) is 15.4. The lowest BCUT2D eigenvalue weighted by atomic mass is 10.1. The molecule has 1 saturated heterocycles. The zero-order valence-corrected chi connectivity index (χ0v) is 22.0. The van der Waals surface area contributed by atoms with Crippen LogP contribution in [0, 0.1) is 5.82 Å². The molecule has 0 radical (unpaired) electrons. The number of likely N-dealkylation sites (tertiary alicyclic amines) is 1. The first-order valence-electron chi connectivity index (χ1n) is 12.7. The molecule has 5 aromatic rings. The van der Waals surface area contributed by atoms with E-state index in [4.69, 9.17) is 0 Å². The molecule has 6 rings (SSSR count). The predicted molar refractivity (Wildman–Crippen MR) is 153 cm³/mol. The SMILES string of the molecule is O=C(Nc1cc(-c2cc(Nc3ccc(CN4CC[C@H](O)C4)cn3)c(=O)[nH]n2)ccc1F)c1cc2ccccc2s1. The number of carbonyl (C=O) groups is 1. The molecule has 202 valence electrons. The first-order chi connectivity index (χ1) is 19.4. The van der Waals surface area contributed by atoms with E-state index >= 15 is 0 Å². The number of anilines is 3. The monoisotopic (exact) mass is 556 g/mol. The molecule has 2 aromatic carbocycles. The molecule has 0 bridgehead atoms. The van der Waals surface area contributed by atoms with Gasteiger partial charge >= 0.3 is 0 Å². The lowest BCUT2D eigenvalue weighted by molar-refractivity contribution is 0.103. The van der Waals surface area contributed by atoms with Crippen molar-refractivity contribution in [3.05, 3.63) is 99.5 Å². The molecule has 1 fully saturated rings. The Morgan fingerprint density at radius 2 is 2.00 bits per heavy atom. The number of carbonyl (C=O) groups excluding carboxylic acids is 1. The fourth-order valence-electron chi connectivity index (χ4n) is 4.65. The van der Waals surface area contributed by atoms with E-state index in [2.05, 4.69) is 30.7 Å². The number of nitrogens with zero attached hydrogens (tertiary/aromatic N) is 3. The number of aliphatic hydroxyl groups is 1. The number of pyridine rings is 1. The van der Waals surface area contributed by atoms with Gasteiger partial charge in [0, 0.05) is 36.1 Å². The third-order valence-corrected chi connectivity index (χ3v) is 7.82. The Kier molecular flexibility index (Phi) is 7.08. The number of hydrogen-bond donors (Lipinski definition) is 4. The third-order valence-electron chi connectivity index (χ3n) is 6.70. The Hall–Kier alpha value is -4.45. The number of fused-ring (bicyclic) bond motifs is 1. The summed E-state index contributed by atoms with van der Waals surface area (Å²) in [5.74, 6) is -0.526. The zero-order chi connectivity index (χ0) is 27.6. The van der Waals surface area contributed by atoms with E-state index in [-0.39, 0.29) is 17.5 Å². The Morgan fingerprint density at radius 1 is 1.12 bits per heavy atom. The summed E-state index contributed by atoms with van der Waals surface area (Å²) in [6.07, 6.45) is 2.22. The van der Waals surface area contributed by atoms with E-state index in [1.807, 2.05) is 30.3 Å².